The molecule has 1 nitrogen and oxygen atoms in total. The molecule has 0 bridgehead atoms. The summed E-state index contributed by atoms with van der Waals surface area (Å²) in [4.78, 5) is 0. The van der Waals surface area contributed by atoms with E-state index in [2.05, 4.69) is 25.7 Å². The molecule has 0 saturated carbocycles. The normalized spacial score (nSPS) is 10.5. The Balaban J connectivity index is 3.49. The first kappa shape index (κ1) is 13.5. The second kappa shape index (κ2) is 10.6. The fourth-order valence-electron chi connectivity index (χ4n) is 1.76. The smallest absolute Gasteiger partial charge is 0.0255 e. The second-order valence-corrected chi connectivity index (χ2v) is 4.06. The SMILES string of the molecule is C=CNC(CCCCC)CCCCC. The Morgan fingerprint density at radius 3 is 1.86 bits per heavy atom. The summed E-state index contributed by atoms with van der Waals surface area (Å²) in [5.74, 6) is 0. The van der Waals surface area contributed by atoms with Crippen LogP contribution >= 0.6 is 0 Å². The third kappa shape index (κ3) is 8.15. The molecule has 1 heteroatoms. The van der Waals surface area contributed by atoms with Crippen molar-refractivity contribution < 1.29 is 0 Å². The van der Waals surface area contributed by atoms with Crippen LogP contribution in [0.1, 0.15) is 65.2 Å². The molecule has 0 heterocycles. The van der Waals surface area contributed by atoms with Crippen LogP contribution in [0.25, 0.3) is 0 Å². The van der Waals surface area contributed by atoms with Crippen molar-refractivity contribution in [3.05, 3.63) is 12.8 Å². The van der Waals surface area contributed by atoms with Crippen molar-refractivity contribution in [2.45, 2.75) is 71.3 Å². The molecule has 0 radical (unpaired) electrons. The summed E-state index contributed by atoms with van der Waals surface area (Å²) in [5, 5.41) is 3.36. The van der Waals surface area contributed by atoms with Gasteiger partial charge in [0.25, 0.3) is 0 Å². The third-order valence-corrected chi connectivity index (χ3v) is 2.67. The predicted octanol–water partition coefficient (Wildman–Crippen LogP) is 4.25. The van der Waals surface area contributed by atoms with Crippen LogP contribution in [0, 0.1) is 0 Å². The van der Waals surface area contributed by atoms with E-state index in [4.69, 9.17) is 0 Å². The highest BCUT2D eigenvalue weighted by atomic mass is 14.9. The van der Waals surface area contributed by atoms with Crippen LogP contribution in [0.2, 0.25) is 0 Å². The molecule has 0 aliphatic rings. The van der Waals surface area contributed by atoms with Crippen LogP contribution in [0.3, 0.4) is 0 Å². The quantitative estimate of drug-likeness (QED) is 0.516. The van der Waals surface area contributed by atoms with Crippen LogP contribution in [-0.4, -0.2) is 6.04 Å². The van der Waals surface area contributed by atoms with Gasteiger partial charge in [0.2, 0.25) is 0 Å². The van der Waals surface area contributed by atoms with E-state index in [1.54, 1.807) is 0 Å². The maximum atomic E-state index is 3.75. The number of rotatable bonds is 10. The number of unbranched alkanes of at least 4 members (excludes halogenated alkanes) is 4. The van der Waals surface area contributed by atoms with Gasteiger partial charge < -0.3 is 5.32 Å². The molecule has 84 valence electrons. The number of hydrogen-bond acceptors (Lipinski definition) is 1. The summed E-state index contributed by atoms with van der Waals surface area (Å²) >= 11 is 0. The maximum Gasteiger partial charge on any atom is 0.0255 e. The summed E-state index contributed by atoms with van der Waals surface area (Å²) in [6.45, 7) is 8.26. The Kier molecular flexibility index (Phi) is 10.3. The van der Waals surface area contributed by atoms with Crippen LogP contribution < -0.4 is 5.32 Å². The molecule has 1 N–H and O–H groups in total. The van der Waals surface area contributed by atoms with Crippen LogP contribution in [-0.2, 0) is 0 Å². The van der Waals surface area contributed by atoms with E-state index < -0.39 is 0 Å². The molecule has 0 aromatic heterocycles. The van der Waals surface area contributed by atoms with Crippen LogP contribution in [0.5, 0.6) is 0 Å². The molecule has 0 saturated heterocycles. The predicted molar refractivity (Wildman–Crippen MR) is 65.4 cm³/mol. The van der Waals surface area contributed by atoms with E-state index in [1.807, 2.05) is 6.20 Å². The van der Waals surface area contributed by atoms with E-state index in [0.29, 0.717) is 6.04 Å². The van der Waals surface area contributed by atoms with Gasteiger partial charge in [0.05, 0.1) is 0 Å². The lowest BCUT2D eigenvalue weighted by atomic mass is 10.0. The fourth-order valence-corrected chi connectivity index (χ4v) is 1.76. The van der Waals surface area contributed by atoms with E-state index >= 15 is 0 Å². The lowest BCUT2D eigenvalue weighted by molar-refractivity contribution is 0.458. The molecule has 0 aromatic rings. The van der Waals surface area contributed by atoms with Gasteiger partial charge in [-0.3, -0.25) is 0 Å². The number of nitrogens with one attached hydrogen (secondary N) is 1. The molecule has 0 rings (SSSR count). The molecule has 0 fully saturated rings. The van der Waals surface area contributed by atoms with E-state index in [9.17, 15) is 0 Å². The second-order valence-electron chi connectivity index (χ2n) is 4.06. The summed E-state index contributed by atoms with van der Waals surface area (Å²) in [7, 11) is 0. The van der Waals surface area contributed by atoms with Gasteiger partial charge in [0.15, 0.2) is 0 Å². The molecule has 0 spiro atoms. The average Bonchev–Trinajstić information content (AvgIpc) is 2.18. The highest BCUT2D eigenvalue weighted by molar-refractivity contribution is 4.74. The van der Waals surface area contributed by atoms with E-state index in [1.165, 1.54) is 51.4 Å². The van der Waals surface area contributed by atoms with Gasteiger partial charge in [0, 0.05) is 6.04 Å². The van der Waals surface area contributed by atoms with Gasteiger partial charge in [-0.25, -0.2) is 0 Å². The molecule has 0 atom stereocenters. The van der Waals surface area contributed by atoms with Gasteiger partial charge in [-0.2, -0.15) is 0 Å². The van der Waals surface area contributed by atoms with Crippen LogP contribution in [0.4, 0.5) is 0 Å². The zero-order chi connectivity index (χ0) is 10.6. The Labute approximate surface area is 90.0 Å². The van der Waals surface area contributed by atoms with Crippen molar-refractivity contribution in [3.8, 4) is 0 Å². The Hall–Kier alpha value is -0.460. The molecular formula is C13H27N. The van der Waals surface area contributed by atoms with Gasteiger partial charge in [-0.1, -0.05) is 59.0 Å². The Bertz CT molecular complexity index is 110. The van der Waals surface area contributed by atoms with E-state index in [0.717, 1.165) is 0 Å². The van der Waals surface area contributed by atoms with Crippen molar-refractivity contribution in [2.75, 3.05) is 0 Å². The summed E-state index contributed by atoms with van der Waals surface area (Å²) in [6, 6.07) is 0.672. The topological polar surface area (TPSA) is 12.0 Å². The first-order valence-electron chi connectivity index (χ1n) is 6.22. The van der Waals surface area contributed by atoms with E-state index in [-0.39, 0.29) is 0 Å². The molecular weight excluding hydrogens is 170 g/mol. The fraction of sp³-hybridized carbons (Fsp3) is 0.846. The van der Waals surface area contributed by atoms with Gasteiger partial charge in [-0.15, -0.1) is 0 Å². The zero-order valence-electron chi connectivity index (χ0n) is 10.0. The highest BCUT2D eigenvalue weighted by Crippen LogP contribution is 2.10. The summed E-state index contributed by atoms with van der Waals surface area (Å²) < 4.78 is 0. The van der Waals surface area contributed by atoms with Crippen molar-refractivity contribution in [1.29, 1.82) is 0 Å². The highest BCUT2D eigenvalue weighted by Gasteiger charge is 2.04. The summed E-state index contributed by atoms with van der Waals surface area (Å²) in [6.07, 6.45) is 12.5. The molecule has 0 amide bonds. The minimum absolute atomic E-state index is 0.672. The monoisotopic (exact) mass is 197 g/mol. The molecule has 0 unspecified atom stereocenters. The van der Waals surface area contributed by atoms with Gasteiger partial charge in [0.1, 0.15) is 0 Å². The van der Waals surface area contributed by atoms with Crippen molar-refractivity contribution in [1.82, 2.24) is 5.32 Å². The first-order valence-corrected chi connectivity index (χ1v) is 6.22. The maximum absolute atomic E-state index is 3.75. The molecule has 14 heavy (non-hydrogen) atoms. The molecule has 0 aliphatic heterocycles. The van der Waals surface area contributed by atoms with Gasteiger partial charge >= 0.3 is 0 Å². The van der Waals surface area contributed by atoms with Crippen molar-refractivity contribution in [3.63, 3.8) is 0 Å². The number of hydrogen-bond donors (Lipinski definition) is 1. The average molecular weight is 197 g/mol. The minimum atomic E-state index is 0.672. The Morgan fingerprint density at radius 1 is 1.00 bits per heavy atom. The first-order chi connectivity index (χ1) is 6.85. The lowest BCUT2D eigenvalue weighted by Crippen LogP contribution is -2.23. The largest absolute Gasteiger partial charge is 0.389 e. The lowest BCUT2D eigenvalue weighted by Gasteiger charge is -2.16. The van der Waals surface area contributed by atoms with Crippen molar-refractivity contribution in [2.24, 2.45) is 0 Å². The minimum Gasteiger partial charge on any atom is -0.389 e. The van der Waals surface area contributed by atoms with Gasteiger partial charge in [-0.05, 0) is 19.0 Å². The summed E-state index contributed by atoms with van der Waals surface area (Å²) in [5.41, 5.74) is 0. The standard InChI is InChI=1S/C13H27N/c1-4-7-9-11-13(14-6-3)12-10-8-5-2/h6,13-14H,3-5,7-12H2,1-2H3. The molecule has 0 aromatic carbocycles. The van der Waals surface area contributed by atoms with Crippen LogP contribution in [0.15, 0.2) is 12.8 Å². The third-order valence-electron chi connectivity index (χ3n) is 2.67. The van der Waals surface area contributed by atoms with Crippen molar-refractivity contribution >= 4 is 0 Å². The Morgan fingerprint density at radius 2 is 1.50 bits per heavy atom. The zero-order valence-corrected chi connectivity index (χ0v) is 10.0. The molecule has 0 aliphatic carbocycles.